The third-order valence-electron chi connectivity index (χ3n) is 3.27. The molecule has 1 saturated heterocycles. The topological polar surface area (TPSA) is 118 Å². The molecule has 0 bridgehead atoms. The Bertz CT molecular complexity index is 845. The highest BCUT2D eigenvalue weighted by Gasteiger charge is 2.34. The van der Waals surface area contributed by atoms with Gasteiger partial charge < -0.3 is 0 Å². The van der Waals surface area contributed by atoms with Gasteiger partial charge in [0.05, 0.1) is 15.6 Å². The van der Waals surface area contributed by atoms with Gasteiger partial charge in [0, 0.05) is 18.7 Å². The lowest BCUT2D eigenvalue weighted by Crippen LogP contribution is -2.32. The summed E-state index contributed by atoms with van der Waals surface area (Å²) in [6.07, 6.45) is 0. The first kappa shape index (κ1) is 18.5. The van der Waals surface area contributed by atoms with Crippen LogP contribution in [-0.2, 0) is 14.9 Å². The van der Waals surface area contributed by atoms with E-state index in [-0.39, 0.29) is 16.6 Å². The summed E-state index contributed by atoms with van der Waals surface area (Å²) in [5.41, 5.74) is 1.14. The second-order valence-electron chi connectivity index (χ2n) is 4.87. The van der Waals surface area contributed by atoms with Gasteiger partial charge in [0.1, 0.15) is 4.32 Å². The molecule has 128 valence electrons. The summed E-state index contributed by atoms with van der Waals surface area (Å²) in [5.74, 6) is -1.06. The number of rotatable bonds is 5. The monoisotopic (exact) mass is 388 g/mol. The minimum atomic E-state index is -4.20. The average Bonchev–Trinajstić information content (AvgIpc) is 2.78. The molecule has 0 spiro atoms. The van der Waals surface area contributed by atoms with Crippen LogP contribution < -0.4 is 0 Å². The number of hydrogen-bond acceptors (Lipinski definition) is 7. The van der Waals surface area contributed by atoms with Gasteiger partial charge in [-0.2, -0.15) is 8.42 Å². The van der Waals surface area contributed by atoms with Gasteiger partial charge in [-0.25, -0.2) is 0 Å². The van der Waals surface area contributed by atoms with Gasteiger partial charge in [-0.1, -0.05) is 24.0 Å². The number of carbonyl (C=O) groups excluding carboxylic acids is 1. The van der Waals surface area contributed by atoms with Crippen molar-refractivity contribution in [1.82, 2.24) is 4.90 Å². The van der Waals surface area contributed by atoms with Crippen molar-refractivity contribution in [3.8, 4) is 0 Å². The van der Waals surface area contributed by atoms with E-state index in [2.05, 4.69) is 0 Å². The van der Waals surface area contributed by atoms with Crippen LogP contribution in [0.5, 0.6) is 0 Å². The molecule has 1 fully saturated rings. The lowest BCUT2D eigenvalue weighted by molar-refractivity contribution is -0.384. The zero-order chi connectivity index (χ0) is 18.1. The Hall–Kier alpha value is -1.82. The second-order valence-corrected chi connectivity index (χ2v) is 8.09. The maximum atomic E-state index is 12.4. The number of benzene rings is 1. The molecule has 24 heavy (non-hydrogen) atoms. The number of nitro benzene ring substituents is 1. The molecule has 1 N–H and O–H groups in total. The molecule has 0 atom stereocenters. The van der Waals surface area contributed by atoms with E-state index in [1.165, 1.54) is 24.3 Å². The molecule has 0 aromatic heterocycles. The summed E-state index contributed by atoms with van der Waals surface area (Å²) in [6.45, 7) is 1.44. The van der Waals surface area contributed by atoms with Gasteiger partial charge in [0.25, 0.3) is 21.7 Å². The summed E-state index contributed by atoms with van der Waals surface area (Å²) in [5, 5.41) is 10.7. The first-order valence-electron chi connectivity index (χ1n) is 6.54. The van der Waals surface area contributed by atoms with Crippen molar-refractivity contribution in [3.63, 3.8) is 0 Å². The number of hydrogen-bond donors (Lipinski definition) is 1. The van der Waals surface area contributed by atoms with Crippen molar-refractivity contribution in [3.05, 3.63) is 44.8 Å². The SMILES string of the molecule is C/C(=C1\SC(=S)N(CCS(=O)(=O)O)C1=O)c1ccc([N+](=O)[O-])cc1. The molecule has 1 aromatic rings. The molecule has 0 saturated carbocycles. The van der Waals surface area contributed by atoms with Crippen molar-refractivity contribution in [2.75, 3.05) is 12.3 Å². The van der Waals surface area contributed by atoms with Crippen LogP contribution in [-0.4, -0.2) is 45.3 Å². The number of amides is 1. The molecule has 0 aliphatic carbocycles. The van der Waals surface area contributed by atoms with Crippen molar-refractivity contribution in [1.29, 1.82) is 0 Å². The van der Waals surface area contributed by atoms with Gasteiger partial charge in [-0.3, -0.25) is 24.4 Å². The summed E-state index contributed by atoms with van der Waals surface area (Å²) in [7, 11) is -4.20. The minimum Gasteiger partial charge on any atom is -0.292 e. The molecule has 0 radical (unpaired) electrons. The minimum absolute atomic E-state index is 0.0627. The van der Waals surface area contributed by atoms with E-state index in [9.17, 15) is 23.3 Å². The Morgan fingerprint density at radius 1 is 1.38 bits per heavy atom. The quantitative estimate of drug-likeness (QED) is 0.268. The zero-order valence-corrected chi connectivity index (χ0v) is 14.8. The Morgan fingerprint density at radius 3 is 2.46 bits per heavy atom. The molecule has 11 heteroatoms. The van der Waals surface area contributed by atoms with Crippen molar-refractivity contribution < 1.29 is 22.7 Å². The predicted molar refractivity (Wildman–Crippen MR) is 94.0 cm³/mol. The second kappa shape index (κ2) is 6.97. The molecule has 1 heterocycles. The fourth-order valence-electron chi connectivity index (χ4n) is 1.99. The van der Waals surface area contributed by atoms with Gasteiger partial charge in [-0.05, 0) is 30.2 Å². The van der Waals surface area contributed by atoms with Crippen LogP contribution in [0.25, 0.3) is 5.57 Å². The molecule has 1 aliphatic rings. The number of nitrogens with zero attached hydrogens (tertiary/aromatic N) is 2. The van der Waals surface area contributed by atoms with Crippen molar-refractivity contribution in [2.45, 2.75) is 6.92 Å². The maximum absolute atomic E-state index is 12.4. The molecule has 0 unspecified atom stereocenters. The number of thiocarbonyl (C=S) groups is 1. The highest BCUT2D eigenvalue weighted by Crippen LogP contribution is 2.36. The lowest BCUT2D eigenvalue weighted by Gasteiger charge is -2.13. The fraction of sp³-hybridized carbons (Fsp3) is 0.231. The largest absolute Gasteiger partial charge is 0.292 e. The Labute approximate surface area is 147 Å². The first-order valence-corrected chi connectivity index (χ1v) is 9.38. The third-order valence-corrected chi connectivity index (χ3v) is 5.52. The molecule has 1 aromatic carbocycles. The zero-order valence-electron chi connectivity index (χ0n) is 12.3. The Kier molecular flexibility index (Phi) is 5.38. The molecular formula is C13H12N2O6S3. The van der Waals surface area contributed by atoms with Gasteiger partial charge in [0.15, 0.2) is 0 Å². The lowest BCUT2D eigenvalue weighted by atomic mass is 10.1. The fourth-order valence-corrected chi connectivity index (χ4v) is 3.76. The first-order chi connectivity index (χ1) is 11.1. The van der Waals surface area contributed by atoms with E-state index >= 15 is 0 Å². The van der Waals surface area contributed by atoms with Gasteiger partial charge >= 0.3 is 0 Å². The van der Waals surface area contributed by atoms with Crippen LogP contribution >= 0.6 is 24.0 Å². The normalized spacial score (nSPS) is 17.3. The number of carbonyl (C=O) groups is 1. The van der Waals surface area contributed by atoms with Gasteiger partial charge in [0.2, 0.25) is 0 Å². The molecular weight excluding hydrogens is 376 g/mol. The molecule has 1 aliphatic heterocycles. The van der Waals surface area contributed by atoms with E-state index in [1.807, 2.05) is 0 Å². The number of thioether (sulfide) groups is 1. The van der Waals surface area contributed by atoms with E-state index in [0.29, 0.717) is 16.0 Å². The smallest absolute Gasteiger partial charge is 0.269 e. The maximum Gasteiger partial charge on any atom is 0.269 e. The highest BCUT2D eigenvalue weighted by atomic mass is 32.2. The standard InChI is InChI=1S/C13H12N2O6S3/c1-8(9-2-4-10(5-3-9)15(17)18)11-12(16)14(13(22)23-11)6-7-24(19,20)21/h2-5H,6-7H2,1H3,(H,19,20,21)/b11-8+. The number of allylic oxidation sites excluding steroid dienone is 1. The Morgan fingerprint density at radius 2 is 1.96 bits per heavy atom. The van der Waals surface area contributed by atoms with Crippen LogP contribution in [0.1, 0.15) is 12.5 Å². The third kappa shape index (κ3) is 4.17. The van der Waals surface area contributed by atoms with Gasteiger partial charge in [-0.15, -0.1) is 0 Å². The predicted octanol–water partition coefficient (Wildman–Crippen LogP) is 2.07. The summed E-state index contributed by atoms with van der Waals surface area (Å²) in [4.78, 5) is 24.0. The average molecular weight is 388 g/mol. The summed E-state index contributed by atoms with van der Waals surface area (Å²) in [6, 6.07) is 5.71. The number of non-ortho nitro benzene ring substituents is 1. The summed E-state index contributed by atoms with van der Waals surface area (Å²) >= 11 is 6.10. The molecule has 1 amide bonds. The van der Waals surface area contributed by atoms with E-state index in [4.69, 9.17) is 16.8 Å². The summed E-state index contributed by atoms with van der Waals surface area (Å²) < 4.78 is 30.6. The van der Waals surface area contributed by atoms with Crippen LogP contribution in [0.3, 0.4) is 0 Å². The van der Waals surface area contributed by atoms with Crippen LogP contribution in [0.4, 0.5) is 5.69 Å². The van der Waals surface area contributed by atoms with E-state index < -0.39 is 26.7 Å². The van der Waals surface area contributed by atoms with E-state index in [0.717, 1.165) is 16.7 Å². The Balaban J connectivity index is 2.27. The van der Waals surface area contributed by atoms with Crippen LogP contribution in [0, 0.1) is 10.1 Å². The number of nitro groups is 1. The van der Waals surface area contributed by atoms with Crippen LogP contribution in [0.2, 0.25) is 0 Å². The van der Waals surface area contributed by atoms with Crippen molar-refractivity contribution in [2.24, 2.45) is 0 Å². The van der Waals surface area contributed by atoms with Crippen molar-refractivity contribution >= 4 is 55.6 Å². The van der Waals surface area contributed by atoms with E-state index in [1.54, 1.807) is 6.92 Å². The molecule has 2 rings (SSSR count). The highest BCUT2D eigenvalue weighted by molar-refractivity contribution is 8.26. The van der Waals surface area contributed by atoms with Crippen LogP contribution in [0.15, 0.2) is 29.2 Å². The molecule has 8 nitrogen and oxygen atoms in total.